The van der Waals surface area contributed by atoms with Gasteiger partial charge in [-0.2, -0.15) is 13.2 Å². The molecule has 1 aromatic heterocycles. The van der Waals surface area contributed by atoms with Gasteiger partial charge in [-0.05, 0) is 43.6 Å². The molecular formula is C15H15F3N+. The Labute approximate surface area is 114 Å². The zero-order chi connectivity index (χ0) is 16.7. The summed E-state index contributed by atoms with van der Waals surface area (Å²) in [6.07, 6.45) is -2.91. The highest BCUT2D eigenvalue weighted by atomic mass is 19.4. The van der Waals surface area contributed by atoms with Crippen LogP contribution < -0.4 is 4.57 Å². The molecule has 0 aliphatic heterocycles. The van der Waals surface area contributed by atoms with E-state index in [1.807, 2.05) is 0 Å². The summed E-state index contributed by atoms with van der Waals surface area (Å²) in [5.74, 6) is 0. The van der Waals surface area contributed by atoms with Gasteiger partial charge < -0.3 is 0 Å². The fourth-order valence-corrected chi connectivity index (χ4v) is 2.01. The van der Waals surface area contributed by atoms with Gasteiger partial charge in [0.15, 0.2) is 6.20 Å². The van der Waals surface area contributed by atoms with Gasteiger partial charge in [0.05, 0.1) is 5.56 Å². The first-order valence-electron chi connectivity index (χ1n) is 7.18. The van der Waals surface area contributed by atoms with E-state index < -0.39 is 18.6 Å². The molecule has 0 aliphatic carbocycles. The molecule has 0 spiro atoms. The van der Waals surface area contributed by atoms with E-state index in [2.05, 4.69) is 0 Å². The number of alkyl halides is 3. The third kappa shape index (κ3) is 2.78. The van der Waals surface area contributed by atoms with Crippen molar-refractivity contribution in [2.45, 2.75) is 20.0 Å². The van der Waals surface area contributed by atoms with E-state index in [0.29, 0.717) is 16.8 Å². The van der Waals surface area contributed by atoms with Crippen molar-refractivity contribution >= 4 is 0 Å². The van der Waals surface area contributed by atoms with Gasteiger partial charge in [-0.15, -0.1) is 0 Å². The number of hydrogen-bond acceptors (Lipinski definition) is 0. The van der Waals surface area contributed by atoms with E-state index in [9.17, 15) is 13.2 Å². The summed E-state index contributed by atoms with van der Waals surface area (Å²) < 4.78 is 61.8. The van der Waals surface area contributed by atoms with Gasteiger partial charge in [0.2, 0.25) is 5.69 Å². The molecule has 2 aromatic rings. The molecule has 0 atom stereocenters. The summed E-state index contributed by atoms with van der Waals surface area (Å²) in [7, 11) is 1.67. The minimum Gasteiger partial charge on any atom is -0.201 e. The zero-order valence-corrected chi connectivity index (χ0v) is 10.5. The van der Waals surface area contributed by atoms with Crippen molar-refractivity contribution < 1.29 is 21.9 Å². The summed E-state index contributed by atoms with van der Waals surface area (Å²) in [5, 5.41) is 0. The summed E-state index contributed by atoms with van der Waals surface area (Å²) in [6, 6.07) is 6.60. The average Bonchev–Trinajstić information content (AvgIpc) is 2.37. The molecule has 0 unspecified atom stereocenters. The second-order valence-corrected chi connectivity index (χ2v) is 4.44. The quantitative estimate of drug-likeness (QED) is 0.693. The largest absolute Gasteiger partial charge is 0.416 e. The predicted octanol–water partition coefficient (Wildman–Crippen LogP) is 3.81. The SMILES string of the molecule is [2H]C([2H])([2H])c1ccc(-c2ccc(C(F)(F)F)cc2C)[n+](C)c1. The van der Waals surface area contributed by atoms with E-state index in [-0.39, 0.29) is 5.56 Å². The van der Waals surface area contributed by atoms with Crippen LogP contribution in [0.4, 0.5) is 13.2 Å². The van der Waals surface area contributed by atoms with Crippen LogP contribution in [0.1, 0.15) is 20.8 Å². The van der Waals surface area contributed by atoms with Gasteiger partial charge in [0.1, 0.15) is 7.05 Å². The lowest BCUT2D eigenvalue weighted by atomic mass is 10.0. The van der Waals surface area contributed by atoms with Gasteiger partial charge >= 0.3 is 6.18 Å². The van der Waals surface area contributed by atoms with Crippen LogP contribution in [0, 0.1) is 13.8 Å². The van der Waals surface area contributed by atoms with Gasteiger partial charge in [-0.1, -0.05) is 0 Å². The van der Waals surface area contributed by atoms with Crippen LogP contribution in [0.3, 0.4) is 0 Å². The van der Waals surface area contributed by atoms with Crippen molar-refractivity contribution in [3.63, 3.8) is 0 Å². The fourth-order valence-electron chi connectivity index (χ4n) is 2.01. The lowest BCUT2D eigenvalue weighted by molar-refractivity contribution is -0.660. The van der Waals surface area contributed by atoms with E-state index in [1.165, 1.54) is 18.3 Å². The third-order valence-corrected chi connectivity index (χ3v) is 2.96. The first-order chi connectivity index (χ1) is 10.00. The predicted molar refractivity (Wildman–Crippen MR) is 67.5 cm³/mol. The molecule has 1 aromatic carbocycles. The van der Waals surface area contributed by atoms with Gasteiger partial charge in [-0.25, -0.2) is 4.57 Å². The van der Waals surface area contributed by atoms with E-state index in [4.69, 9.17) is 4.11 Å². The van der Waals surface area contributed by atoms with Crippen LogP contribution in [0.2, 0.25) is 0 Å². The maximum Gasteiger partial charge on any atom is 0.416 e. The molecule has 0 fully saturated rings. The highest BCUT2D eigenvalue weighted by Gasteiger charge is 2.31. The highest BCUT2D eigenvalue weighted by Crippen LogP contribution is 2.32. The molecule has 0 aliphatic rings. The molecule has 0 saturated carbocycles. The maximum absolute atomic E-state index is 12.7. The van der Waals surface area contributed by atoms with Crippen LogP contribution >= 0.6 is 0 Å². The molecular weight excluding hydrogens is 251 g/mol. The van der Waals surface area contributed by atoms with Crippen LogP contribution in [-0.4, -0.2) is 0 Å². The molecule has 0 radical (unpaired) electrons. The smallest absolute Gasteiger partial charge is 0.201 e. The maximum atomic E-state index is 12.7. The first kappa shape index (κ1) is 10.0. The van der Waals surface area contributed by atoms with Crippen molar-refractivity contribution in [2.75, 3.05) is 0 Å². The van der Waals surface area contributed by atoms with E-state index >= 15 is 0 Å². The molecule has 0 N–H and O–H groups in total. The Bertz CT molecular complexity index is 645. The summed E-state index contributed by atoms with van der Waals surface area (Å²) in [4.78, 5) is 0. The Balaban J connectivity index is 2.49. The van der Waals surface area contributed by atoms with Crippen molar-refractivity contribution in [2.24, 2.45) is 7.05 Å². The molecule has 0 saturated heterocycles. The average molecular weight is 269 g/mol. The number of aromatic nitrogens is 1. The molecule has 0 bridgehead atoms. The fraction of sp³-hybridized carbons (Fsp3) is 0.267. The second-order valence-electron chi connectivity index (χ2n) is 4.44. The number of benzene rings is 1. The lowest BCUT2D eigenvalue weighted by Crippen LogP contribution is -2.31. The van der Waals surface area contributed by atoms with Crippen LogP contribution in [0.15, 0.2) is 36.5 Å². The number of halogens is 3. The van der Waals surface area contributed by atoms with Crippen molar-refractivity contribution in [1.29, 1.82) is 0 Å². The Hall–Kier alpha value is -1.84. The normalized spacial score (nSPS) is 14.7. The van der Waals surface area contributed by atoms with Crippen LogP contribution in [0.25, 0.3) is 11.3 Å². The van der Waals surface area contributed by atoms with Gasteiger partial charge in [-0.3, -0.25) is 0 Å². The minimum absolute atomic E-state index is 0.184. The molecule has 0 amide bonds. The summed E-state index contributed by atoms with van der Waals surface area (Å²) in [5.41, 5.74) is 1.25. The minimum atomic E-state index is -4.38. The molecule has 2 rings (SSSR count). The standard InChI is InChI=1S/C15H15F3N/c1-10-4-7-14(19(3)9-10)13-6-5-12(8-11(13)2)15(16,17)18/h4-9H,1-3H3/q+1/i1D3. The van der Waals surface area contributed by atoms with E-state index in [1.54, 1.807) is 24.6 Å². The number of pyridine rings is 1. The Kier molecular flexibility index (Phi) is 2.47. The zero-order valence-electron chi connectivity index (χ0n) is 13.5. The molecule has 19 heavy (non-hydrogen) atoms. The van der Waals surface area contributed by atoms with Gasteiger partial charge in [0.25, 0.3) is 0 Å². The summed E-state index contributed by atoms with van der Waals surface area (Å²) in [6.45, 7) is -0.617. The number of nitrogens with zero attached hydrogens (tertiary/aromatic N) is 1. The Morgan fingerprint density at radius 1 is 1.16 bits per heavy atom. The van der Waals surface area contributed by atoms with Crippen LogP contribution in [0.5, 0.6) is 0 Å². The van der Waals surface area contributed by atoms with Crippen LogP contribution in [-0.2, 0) is 13.2 Å². The number of hydrogen-bond donors (Lipinski definition) is 0. The topological polar surface area (TPSA) is 3.88 Å². The number of aryl methyl sites for hydroxylation is 3. The first-order valence-corrected chi connectivity index (χ1v) is 5.68. The molecule has 100 valence electrons. The third-order valence-electron chi connectivity index (χ3n) is 2.96. The molecule has 1 nitrogen and oxygen atoms in total. The molecule has 4 heteroatoms. The summed E-state index contributed by atoms with van der Waals surface area (Å²) >= 11 is 0. The van der Waals surface area contributed by atoms with Crippen molar-refractivity contribution in [1.82, 2.24) is 0 Å². The lowest BCUT2D eigenvalue weighted by Gasteiger charge is -2.10. The molecule has 1 heterocycles. The van der Waals surface area contributed by atoms with Crippen molar-refractivity contribution in [3.8, 4) is 11.3 Å². The highest BCUT2D eigenvalue weighted by molar-refractivity contribution is 5.61. The Morgan fingerprint density at radius 3 is 2.42 bits per heavy atom. The van der Waals surface area contributed by atoms with Crippen molar-refractivity contribution in [3.05, 3.63) is 53.2 Å². The second kappa shape index (κ2) is 4.68. The number of rotatable bonds is 1. The Morgan fingerprint density at radius 2 is 1.89 bits per heavy atom. The van der Waals surface area contributed by atoms with Gasteiger partial charge in [0, 0.05) is 21.3 Å². The van der Waals surface area contributed by atoms with E-state index in [0.717, 1.165) is 12.1 Å². The monoisotopic (exact) mass is 269 g/mol.